The number of halogens is 4. The summed E-state index contributed by atoms with van der Waals surface area (Å²) in [6.07, 6.45) is -3.73. The second-order valence-electron chi connectivity index (χ2n) is 9.75. The van der Waals surface area contributed by atoms with Crippen molar-refractivity contribution < 1.29 is 37.0 Å². The number of aromatic nitrogens is 3. The van der Waals surface area contributed by atoms with Crippen molar-refractivity contribution in [1.29, 1.82) is 0 Å². The highest BCUT2D eigenvalue weighted by molar-refractivity contribution is 5.94. The molecule has 0 radical (unpaired) electrons. The van der Waals surface area contributed by atoms with Crippen LogP contribution in [0.5, 0.6) is 5.88 Å². The highest BCUT2D eigenvalue weighted by Gasteiger charge is 2.54. The van der Waals surface area contributed by atoms with Gasteiger partial charge in [-0.1, -0.05) is 0 Å². The molecule has 0 bridgehead atoms. The number of nitrogens with zero attached hydrogens (tertiary/aromatic N) is 3. The van der Waals surface area contributed by atoms with Crippen LogP contribution in [-0.4, -0.2) is 74.5 Å². The minimum Gasteiger partial charge on any atom is -0.481 e. The van der Waals surface area contributed by atoms with Gasteiger partial charge in [-0.3, -0.25) is 14.7 Å². The number of carbonyl (C=O) groups is 2. The van der Waals surface area contributed by atoms with Crippen molar-refractivity contribution in [3.8, 4) is 17.1 Å². The number of amides is 2. The first-order chi connectivity index (χ1) is 17.4. The van der Waals surface area contributed by atoms with Crippen LogP contribution in [0, 0.1) is 11.7 Å². The van der Waals surface area contributed by atoms with Crippen molar-refractivity contribution >= 4 is 11.8 Å². The molecule has 2 fully saturated rings. The van der Waals surface area contributed by atoms with E-state index in [1.54, 1.807) is 4.90 Å². The Hall–Kier alpha value is -3.22. The summed E-state index contributed by atoms with van der Waals surface area (Å²) < 4.78 is 58.3. The summed E-state index contributed by atoms with van der Waals surface area (Å²) in [7, 11) is 1.40. The molecule has 0 unspecified atom stereocenters. The molecule has 1 saturated carbocycles. The Morgan fingerprint density at radius 2 is 1.95 bits per heavy atom. The Kier molecular flexibility index (Phi) is 7.45. The van der Waals surface area contributed by atoms with Gasteiger partial charge in [-0.15, -0.1) is 0 Å². The average Bonchev–Trinajstić information content (AvgIpc) is 3.35. The van der Waals surface area contributed by atoms with Crippen molar-refractivity contribution in [2.24, 2.45) is 5.92 Å². The van der Waals surface area contributed by atoms with E-state index in [9.17, 15) is 32.3 Å². The van der Waals surface area contributed by atoms with Crippen molar-refractivity contribution in [3.63, 3.8) is 0 Å². The van der Waals surface area contributed by atoms with Gasteiger partial charge >= 0.3 is 6.18 Å². The lowest BCUT2D eigenvalue weighted by Gasteiger charge is -2.39. The Labute approximate surface area is 210 Å². The maximum absolute atomic E-state index is 14.2. The first-order valence-corrected chi connectivity index (χ1v) is 12.1. The molecular weight excluding hydrogens is 498 g/mol. The average molecular weight is 528 g/mol. The van der Waals surface area contributed by atoms with Gasteiger partial charge < -0.3 is 20.1 Å². The predicted octanol–water partition coefficient (Wildman–Crippen LogP) is 3.21. The van der Waals surface area contributed by atoms with Gasteiger partial charge in [-0.25, -0.2) is 9.37 Å². The molecule has 2 aromatic rings. The number of nitrogens with one attached hydrogen (secondary N) is 2. The fraction of sp³-hybridized carbons (Fsp3) is 0.583. The van der Waals surface area contributed by atoms with Gasteiger partial charge in [0.2, 0.25) is 11.8 Å². The summed E-state index contributed by atoms with van der Waals surface area (Å²) in [5.74, 6) is -1.42. The van der Waals surface area contributed by atoms with Crippen LogP contribution in [0.4, 0.5) is 17.6 Å². The maximum atomic E-state index is 14.2. The Morgan fingerprint density at radius 1 is 1.24 bits per heavy atom. The fourth-order valence-corrected chi connectivity index (χ4v) is 5.01. The number of hydrogen-bond acceptors (Lipinski definition) is 6. The number of pyridine rings is 1. The molecule has 1 saturated heterocycles. The molecule has 202 valence electrons. The molecule has 3 N–H and O–H groups in total. The lowest BCUT2D eigenvalue weighted by atomic mass is 9.81. The van der Waals surface area contributed by atoms with Gasteiger partial charge in [0.05, 0.1) is 19.0 Å². The summed E-state index contributed by atoms with van der Waals surface area (Å²) in [5.41, 5.74) is -2.17. The zero-order chi connectivity index (χ0) is 27.0. The largest absolute Gasteiger partial charge is 0.481 e. The Bertz CT molecular complexity index is 1150. The summed E-state index contributed by atoms with van der Waals surface area (Å²) in [5, 5.41) is 19.3. The Morgan fingerprint density at radius 3 is 2.57 bits per heavy atom. The quantitative estimate of drug-likeness (QED) is 0.514. The number of methoxy groups -OCH3 is 1. The van der Waals surface area contributed by atoms with Gasteiger partial charge in [0.25, 0.3) is 5.91 Å². The third-order valence-corrected chi connectivity index (χ3v) is 7.32. The van der Waals surface area contributed by atoms with Crippen LogP contribution in [0.15, 0.2) is 18.3 Å². The van der Waals surface area contributed by atoms with Crippen LogP contribution >= 0.6 is 0 Å². The van der Waals surface area contributed by atoms with Gasteiger partial charge in [-0.05, 0) is 51.5 Å². The third kappa shape index (κ3) is 5.55. The molecule has 9 nitrogen and oxygen atoms in total. The van der Waals surface area contributed by atoms with Gasteiger partial charge in [0.1, 0.15) is 0 Å². The van der Waals surface area contributed by atoms with Crippen molar-refractivity contribution in [1.82, 2.24) is 25.4 Å². The number of H-pyrrole nitrogens is 1. The standard InChI is InChI=1S/C24H29F4N5O4/c1-13-9-14(21(34)30-15-3-6-23(36,7-4-15)24(26,27)28)5-8-33(13)22(35)19-11-18(31-32-19)16-10-20(37-2)29-12-17(16)25/h10-15,36H,3-9H2,1-2H3,(H,30,34)(H,31,32)/t13-,14-,15-,23-/m1/s1. The smallest absolute Gasteiger partial charge is 0.417 e. The van der Waals surface area contributed by atoms with E-state index < -0.39 is 42.4 Å². The molecule has 2 aliphatic rings. The number of alkyl halides is 3. The molecule has 1 aliphatic heterocycles. The number of hydrogen-bond donors (Lipinski definition) is 3. The van der Waals surface area contributed by atoms with Crippen LogP contribution in [-0.2, 0) is 4.79 Å². The molecule has 2 aromatic heterocycles. The van der Waals surface area contributed by atoms with E-state index in [4.69, 9.17) is 4.74 Å². The lowest BCUT2D eigenvalue weighted by molar-refractivity contribution is -0.270. The van der Waals surface area contributed by atoms with Crippen LogP contribution in [0.2, 0.25) is 0 Å². The van der Waals surface area contributed by atoms with E-state index >= 15 is 0 Å². The van der Waals surface area contributed by atoms with Gasteiger partial charge in [-0.2, -0.15) is 18.3 Å². The topological polar surface area (TPSA) is 120 Å². The normalized spacial score (nSPS) is 26.6. The third-order valence-electron chi connectivity index (χ3n) is 7.32. The highest BCUT2D eigenvalue weighted by atomic mass is 19.4. The summed E-state index contributed by atoms with van der Waals surface area (Å²) in [6.45, 7) is 2.10. The fourth-order valence-electron chi connectivity index (χ4n) is 5.01. The van der Waals surface area contributed by atoms with Crippen LogP contribution < -0.4 is 10.1 Å². The van der Waals surface area contributed by atoms with E-state index in [-0.39, 0.29) is 60.1 Å². The number of ether oxygens (including phenoxy) is 1. The minimum atomic E-state index is -4.69. The summed E-state index contributed by atoms with van der Waals surface area (Å²) in [6, 6.07) is 2.10. The molecule has 4 rings (SSSR count). The van der Waals surface area contributed by atoms with E-state index in [2.05, 4.69) is 20.5 Å². The van der Waals surface area contributed by atoms with Gasteiger partial charge in [0, 0.05) is 36.2 Å². The number of aromatic amines is 1. The maximum Gasteiger partial charge on any atom is 0.417 e. The Balaban J connectivity index is 1.33. The monoisotopic (exact) mass is 527 g/mol. The van der Waals surface area contributed by atoms with E-state index in [0.717, 1.165) is 6.20 Å². The molecule has 0 spiro atoms. The molecule has 2 atom stereocenters. The van der Waals surface area contributed by atoms with Crippen LogP contribution in [0.25, 0.3) is 11.3 Å². The SMILES string of the molecule is COc1cc(-c2cc(C(=O)N3CC[C@@H](C(=O)N[C@H]4CC[C@@](O)(C(F)(F)F)CC4)C[C@H]3C)n[nH]2)c(F)cn1. The van der Waals surface area contributed by atoms with E-state index in [1.165, 1.54) is 19.2 Å². The van der Waals surface area contributed by atoms with Crippen LogP contribution in [0.3, 0.4) is 0 Å². The van der Waals surface area contributed by atoms with E-state index in [0.29, 0.717) is 12.8 Å². The summed E-state index contributed by atoms with van der Waals surface area (Å²) in [4.78, 5) is 31.3. The molecule has 1 aliphatic carbocycles. The second-order valence-corrected chi connectivity index (χ2v) is 9.75. The first kappa shape index (κ1) is 26.8. The molecule has 13 heteroatoms. The second kappa shape index (κ2) is 10.3. The molecule has 0 aromatic carbocycles. The molecular formula is C24H29F4N5O4. The number of rotatable bonds is 5. The molecule has 37 heavy (non-hydrogen) atoms. The number of piperidine rings is 1. The van der Waals surface area contributed by atoms with Crippen molar-refractivity contribution in [3.05, 3.63) is 29.8 Å². The van der Waals surface area contributed by atoms with E-state index in [1.807, 2.05) is 6.92 Å². The number of carbonyl (C=O) groups excluding carboxylic acids is 2. The van der Waals surface area contributed by atoms with Crippen molar-refractivity contribution in [2.75, 3.05) is 13.7 Å². The zero-order valence-electron chi connectivity index (χ0n) is 20.4. The van der Waals surface area contributed by atoms with Gasteiger partial charge in [0.15, 0.2) is 17.1 Å². The first-order valence-electron chi connectivity index (χ1n) is 12.1. The lowest BCUT2D eigenvalue weighted by Crippen LogP contribution is -2.53. The molecule has 2 amide bonds. The number of aliphatic hydroxyl groups is 1. The predicted molar refractivity (Wildman–Crippen MR) is 123 cm³/mol. The number of likely N-dealkylation sites (tertiary alicyclic amines) is 1. The zero-order valence-corrected chi connectivity index (χ0v) is 20.4. The summed E-state index contributed by atoms with van der Waals surface area (Å²) >= 11 is 0. The van der Waals surface area contributed by atoms with Crippen molar-refractivity contribution in [2.45, 2.75) is 69.3 Å². The van der Waals surface area contributed by atoms with Crippen LogP contribution in [0.1, 0.15) is 55.9 Å². The molecule has 3 heterocycles. The minimum absolute atomic E-state index is 0.0417. The highest BCUT2D eigenvalue weighted by Crippen LogP contribution is 2.41.